The number of rotatable bonds is 8. The lowest BCUT2D eigenvalue weighted by atomic mass is 10.2. The van der Waals surface area contributed by atoms with Crippen molar-refractivity contribution >= 4 is 49.8 Å². The number of carbonyl (C=O) groups is 1. The predicted molar refractivity (Wildman–Crippen MR) is 118 cm³/mol. The number of alkyl halides is 3. The van der Waals surface area contributed by atoms with Crippen molar-refractivity contribution < 1.29 is 26.4 Å². The van der Waals surface area contributed by atoms with Crippen LogP contribution in [0.2, 0.25) is 0 Å². The van der Waals surface area contributed by atoms with Gasteiger partial charge in [0.25, 0.3) is 0 Å². The maximum Gasteiger partial charge on any atom is 0.416 e. The van der Waals surface area contributed by atoms with Gasteiger partial charge in [-0.15, -0.1) is 10.2 Å². The van der Waals surface area contributed by atoms with Crippen molar-refractivity contribution in [3.05, 3.63) is 65.7 Å². The van der Waals surface area contributed by atoms with Crippen LogP contribution in [0, 0.1) is 0 Å². The van der Waals surface area contributed by atoms with Gasteiger partial charge in [-0.2, -0.15) is 13.2 Å². The molecule has 0 saturated heterocycles. The molecule has 7 nitrogen and oxygen atoms in total. The molecule has 1 N–H and O–H groups in total. The van der Waals surface area contributed by atoms with Gasteiger partial charge in [-0.1, -0.05) is 53.4 Å². The number of carbonyl (C=O) groups excluding carboxylic acids is 1. The Morgan fingerprint density at radius 3 is 2.34 bits per heavy atom. The number of hydrogen-bond acceptors (Lipinski definition) is 7. The summed E-state index contributed by atoms with van der Waals surface area (Å²) in [4.78, 5) is 12.4. The van der Waals surface area contributed by atoms with Gasteiger partial charge in [0, 0.05) is 5.75 Å². The molecule has 0 unspecified atom stereocenters. The molecule has 2 aromatic carbocycles. The average Bonchev–Trinajstić information content (AvgIpc) is 3.17. The summed E-state index contributed by atoms with van der Waals surface area (Å²) in [6.07, 6.45) is -3.69. The van der Waals surface area contributed by atoms with E-state index in [1.807, 2.05) is 30.3 Å². The number of nitrogens with zero attached hydrogens (tertiary/aromatic N) is 3. The van der Waals surface area contributed by atoms with Gasteiger partial charge in [-0.25, -0.2) is 8.42 Å². The molecule has 3 aromatic rings. The summed E-state index contributed by atoms with van der Waals surface area (Å²) in [6, 6.07) is 13.2. The lowest BCUT2D eigenvalue weighted by molar-refractivity contribution is -0.137. The molecule has 0 saturated carbocycles. The van der Waals surface area contributed by atoms with Crippen LogP contribution in [0.3, 0.4) is 0 Å². The third-order valence-electron chi connectivity index (χ3n) is 4.03. The minimum Gasteiger partial charge on any atom is -0.299 e. The Balaban J connectivity index is 1.64. The van der Waals surface area contributed by atoms with Crippen LogP contribution in [-0.4, -0.2) is 37.3 Å². The Bertz CT molecular complexity index is 1170. The Morgan fingerprint density at radius 1 is 1.09 bits per heavy atom. The highest BCUT2D eigenvalue weighted by molar-refractivity contribution is 8.00. The molecule has 0 fully saturated rings. The molecular weight excluding hydrogens is 485 g/mol. The van der Waals surface area contributed by atoms with Gasteiger partial charge < -0.3 is 0 Å². The Hall–Kier alpha value is -2.64. The molecule has 1 heterocycles. The van der Waals surface area contributed by atoms with E-state index in [1.165, 1.54) is 11.8 Å². The normalized spacial score (nSPS) is 11.9. The van der Waals surface area contributed by atoms with Gasteiger partial charge in [-0.3, -0.25) is 14.4 Å². The molecule has 1 amide bonds. The smallest absolute Gasteiger partial charge is 0.299 e. The van der Waals surface area contributed by atoms with Crippen LogP contribution in [0.25, 0.3) is 0 Å². The van der Waals surface area contributed by atoms with Crippen molar-refractivity contribution in [2.45, 2.75) is 16.3 Å². The largest absolute Gasteiger partial charge is 0.416 e. The first-order chi connectivity index (χ1) is 15.0. The van der Waals surface area contributed by atoms with Crippen LogP contribution < -0.4 is 9.62 Å². The number of hydrogen-bond donors (Lipinski definition) is 1. The van der Waals surface area contributed by atoms with Crippen LogP contribution >= 0.6 is 23.1 Å². The number of nitrogens with one attached hydrogen (secondary N) is 1. The Morgan fingerprint density at radius 2 is 1.75 bits per heavy atom. The average molecular weight is 503 g/mol. The van der Waals surface area contributed by atoms with E-state index in [4.69, 9.17) is 0 Å². The standard InChI is InChI=1S/C19H17F3N4O3S3/c1-32(28,29)26(15-9-7-14(8-10-15)19(20,21)22)11-16(27)23-17-24-25-18(31-17)30-12-13-5-3-2-4-6-13/h2-10H,11-12H2,1H3,(H,23,24,27). The van der Waals surface area contributed by atoms with Crippen LogP contribution in [0.5, 0.6) is 0 Å². The highest BCUT2D eigenvalue weighted by Gasteiger charge is 2.31. The summed E-state index contributed by atoms with van der Waals surface area (Å²) in [5.74, 6) is -0.0368. The summed E-state index contributed by atoms with van der Waals surface area (Å²) in [5, 5.41) is 10.5. The maximum absolute atomic E-state index is 12.8. The van der Waals surface area contributed by atoms with E-state index < -0.39 is 34.2 Å². The zero-order valence-electron chi connectivity index (χ0n) is 16.5. The van der Waals surface area contributed by atoms with E-state index in [0.717, 1.165) is 47.4 Å². The minimum atomic E-state index is -4.56. The summed E-state index contributed by atoms with van der Waals surface area (Å²) in [5.41, 5.74) is 0.110. The van der Waals surface area contributed by atoms with E-state index in [-0.39, 0.29) is 10.8 Å². The monoisotopic (exact) mass is 502 g/mol. The molecule has 3 rings (SSSR count). The molecule has 170 valence electrons. The van der Waals surface area contributed by atoms with E-state index in [1.54, 1.807) is 0 Å². The Labute approximate surface area is 190 Å². The predicted octanol–water partition coefficient (Wildman–Crippen LogP) is 4.25. The van der Waals surface area contributed by atoms with E-state index >= 15 is 0 Å². The number of aromatic nitrogens is 2. The van der Waals surface area contributed by atoms with Crippen LogP contribution in [0.15, 0.2) is 58.9 Å². The van der Waals surface area contributed by atoms with Crippen molar-refractivity contribution in [3.8, 4) is 0 Å². The SMILES string of the molecule is CS(=O)(=O)N(CC(=O)Nc1nnc(SCc2ccccc2)s1)c1ccc(C(F)(F)F)cc1. The fourth-order valence-corrected chi connectivity index (χ4v) is 5.12. The number of benzene rings is 2. The minimum absolute atomic E-state index is 0.0629. The first-order valence-electron chi connectivity index (χ1n) is 8.97. The summed E-state index contributed by atoms with van der Waals surface area (Å²) >= 11 is 2.57. The van der Waals surface area contributed by atoms with Gasteiger partial charge in [0.05, 0.1) is 17.5 Å². The van der Waals surface area contributed by atoms with Gasteiger partial charge in [0.1, 0.15) is 6.54 Å². The molecule has 1 aromatic heterocycles. The number of halogens is 3. The molecule has 32 heavy (non-hydrogen) atoms. The highest BCUT2D eigenvalue weighted by atomic mass is 32.2. The molecule has 13 heteroatoms. The Kier molecular flexibility index (Phi) is 7.41. The van der Waals surface area contributed by atoms with Gasteiger partial charge >= 0.3 is 6.18 Å². The van der Waals surface area contributed by atoms with Crippen LogP contribution in [0.4, 0.5) is 24.0 Å². The van der Waals surface area contributed by atoms with Gasteiger partial charge in [0.2, 0.25) is 21.1 Å². The fourth-order valence-electron chi connectivity index (χ4n) is 2.54. The molecule has 0 spiro atoms. The molecule has 0 bridgehead atoms. The topological polar surface area (TPSA) is 92.3 Å². The molecule has 0 atom stereocenters. The highest BCUT2D eigenvalue weighted by Crippen LogP contribution is 2.31. The third-order valence-corrected chi connectivity index (χ3v) is 7.21. The summed E-state index contributed by atoms with van der Waals surface area (Å²) in [6.45, 7) is -0.629. The summed E-state index contributed by atoms with van der Waals surface area (Å²) in [7, 11) is -3.93. The van der Waals surface area contributed by atoms with E-state index in [0.29, 0.717) is 14.4 Å². The quantitative estimate of drug-likeness (QED) is 0.366. The van der Waals surface area contributed by atoms with Gasteiger partial charge in [0.15, 0.2) is 4.34 Å². The zero-order valence-corrected chi connectivity index (χ0v) is 19.0. The van der Waals surface area contributed by atoms with Crippen molar-refractivity contribution in [2.24, 2.45) is 0 Å². The molecule has 0 aliphatic carbocycles. The number of amides is 1. The van der Waals surface area contributed by atoms with Crippen molar-refractivity contribution in [2.75, 3.05) is 22.4 Å². The second kappa shape index (κ2) is 9.88. The zero-order chi connectivity index (χ0) is 23.4. The van der Waals surface area contributed by atoms with Crippen molar-refractivity contribution in [1.82, 2.24) is 10.2 Å². The number of anilines is 2. The lowest BCUT2D eigenvalue weighted by Gasteiger charge is -2.22. The fraction of sp³-hybridized carbons (Fsp3) is 0.211. The summed E-state index contributed by atoms with van der Waals surface area (Å²) < 4.78 is 63.8. The van der Waals surface area contributed by atoms with Crippen LogP contribution in [0.1, 0.15) is 11.1 Å². The number of thioether (sulfide) groups is 1. The van der Waals surface area contributed by atoms with E-state index in [9.17, 15) is 26.4 Å². The van der Waals surface area contributed by atoms with Crippen LogP contribution in [-0.2, 0) is 26.7 Å². The van der Waals surface area contributed by atoms with Gasteiger partial charge in [-0.05, 0) is 29.8 Å². The maximum atomic E-state index is 12.8. The van der Waals surface area contributed by atoms with Crippen molar-refractivity contribution in [1.29, 1.82) is 0 Å². The van der Waals surface area contributed by atoms with Crippen molar-refractivity contribution in [3.63, 3.8) is 0 Å². The molecular formula is C19H17F3N4O3S3. The molecule has 0 aliphatic heterocycles. The van der Waals surface area contributed by atoms with E-state index in [2.05, 4.69) is 15.5 Å². The third kappa shape index (κ3) is 6.68. The lowest BCUT2D eigenvalue weighted by Crippen LogP contribution is -2.37. The first-order valence-corrected chi connectivity index (χ1v) is 12.6. The molecule has 0 aliphatic rings. The molecule has 0 radical (unpaired) electrons. The second-order valence-corrected chi connectivity index (χ2v) is 10.6. The first kappa shape index (κ1) is 24.0. The number of sulfonamides is 1. The second-order valence-electron chi connectivity index (χ2n) is 6.51.